The lowest BCUT2D eigenvalue weighted by atomic mass is 9.72. The van der Waals surface area contributed by atoms with Gasteiger partial charge in [-0.1, -0.05) is 20.8 Å². The number of carbonyl (C=O) groups is 3. The lowest BCUT2D eigenvalue weighted by molar-refractivity contribution is -0.127. The Balaban J connectivity index is 1.25. The Hall–Kier alpha value is -2.74. The maximum Gasteiger partial charge on any atom is 0.279 e. The molecule has 1 unspecified atom stereocenters. The van der Waals surface area contributed by atoms with Crippen molar-refractivity contribution in [1.29, 1.82) is 0 Å². The van der Waals surface area contributed by atoms with E-state index in [0.717, 1.165) is 19.3 Å². The first-order chi connectivity index (χ1) is 16.1. The van der Waals surface area contributed by atoms with Crippen molar-refractivity contribution in [2.45, 2.75) is 52.9 Å². The number of aryl methyl sites for hydroxylation is 1. The molecule has 1 fully saturated rings. The zero-order valence-electron chi connectivity index (χ0n) is 19.9. The number of nitrogens with one attached hydrogen (secondary N) is 2. The minimum Gasteiger partial charge on any atom is -0.339 e. The molecule has 0 bridgehead atoms. The molecule has 182 valence electrons. The highest BCUT2D eigenvalue weighted by Gasteiger charge is 2.31. The van der Waals surface area contributed by atoms with Gasteiger partial charge in [0.15, 0.2) is 0 Å². The zero-order chi connectivity index (χ0) is 24.5. The normalized spacial score (nSPS) is 18.8. The minimum atomic E-state index is -0.384. The topological polar surface area (TPSA) is 78.5 Å². The van der Waals surface area contributed by atoms with Crippen LogP contribution in [0.1, 0.15) is 70.5 Å². The third-order valence-corrected chi connectivity index (χ3v) is 8.31. The molecule has 2 aliphatic rings. The monoisotopic (exact) mass is 485 g/mol. The first kappa shape index (κ1) is 24.4. The van der Waals surface area contributed by atoms with Crippen LogP contribution in [0, 0.1) is 23.1 Å². The molecule has 1 aliphatic heterocycles. The molecule has 1 aromatic carbocycles. The highest BCUT2D eigenvalue weighted by atomic mass is 32.1. The van der Waals surface area contributed by atoms with E-state index in [-0.39, 0.29) is 34.9 Å². The molecule has 1 aliphatic carbocycles. The Labute approximate surface area is 203 Å². The fourth-order valence-corrected chi connectivity index (χ4v) is 5.88. The average molecular weight is 486 g/mol. The first-order valence-electron chi connectivity index (χ1n) is 11.9. The number of hydrogen-bond acceptors (Lipinski definition) is 4. The summed E-state index contributed by atoms with van der Waals surface area (Å²) in [4.78, 5) is 41.4. The van der Waals surface area contributed by atoms with Crippen molar-refractivity contribution in [3.8, 4) is 0 Å². The van der Waals surface area contributed by atoms with Gasteiger partial charge in [-0.2, -0.15) is 0 Å². The van der Waals surface area contributed by atoms with Crippen LogP contribution in [0.2, 0.25) is 0 Å². The van der Waals surface area contributed by atoms with Gasteiger partial charge >= 0.3 is 0 Å². The van der Waals surface area contributed by atoms with Gasteiger partial charge in [0, 0.05) is 29.4 Å². The molecule has 34 heavy (non-hydrogen) atoms. The van der Waals surface area contributed by atoms with Gasteiger partial charge in [-0.15, -0.1) is 11.3 Å². The van der Waals surface area contributed by atoms with Gasteiger partial charge in [0.05, 0.1) is 4.88 Å². The molecule has 2 heterocycles. The van der Waals surface area contributed by atoms with Crippen molar-refractivity contribution < 1.29 is 18.8 Å². The van der Waals surface area contributed by atoms with Crippen LogP contribution in [-0.4, -0.2) is 35.7 Å². The van der Waals surface area contributed by atoms with Crippen molar-refractivity contribution in [2.24, 2.45) is 17.3 Å². The number of amides is 3. The summed E-state index contributed by atoms with van der Waals surface area (Å²) in [7, 11) is 0. The highest BCUT2D eigenvalue weighted by molar-refractivity contribution is 7.14. The Morgan fingerprint density at radius 2 is 1.71 bits per heavy atom. The van der Waals surface area contributed by atoms with E-state index in [9.17, 15) is 18.8 Å². The van der Waals surface area contributed by atoms with Crippen LogP contribution in [0.4, 0.5) is 4.39 Å². The predicted molar refractivity (Wildman–Crippen MR) is 130 cm³/mol. The Bertz CT molecular complexity index is 1070. The second kappa shape index (κ2) is 9.86. The number of rotatable bonds is 3. The maximum atomic E-state index is 13.1. The van der Waals surface area contributed by atoms with E-state index in [0.29, 0.717) is 42.3 Å². The average Bonchev–Trinajstić information content (AvgIpc) is 3.25. The summed E-state index contributed by atoms with van der Waals surface area (Å²) in [6.45, 7) is 7.67. The van der Waals surface area contributed by atoms with Crippen molar-refractivity contribution in [3.05, 3.63) is 57.0 Å². The smallest absolute Gasteiger partial charge is 0.279 e. The summed E-state index contributed by atoms with van der Waals surface area (Å²) in [5.41, 5.74) is 7.07. The Morgan fingerprint density at radius 1 is 1.03 bits per heavy atom. The van der Waals surface area contributed by atoms with Gasteiger partial charge in [-0.25, -0.2) is 4.39 Å². The SMILES string of the molecule is CC(C)(C)C1CCc2sc(C(=O)NNC(=O)C3CCN(C(=O)c4ccc(F)cc4)CC3)cc2C1. The van der Waals surface area contributed by atoms with E-state index in [4.69, 9.17) is 0 Å². The molecular weight excluding hydrogens is 453 g/mol. The second-order valence-electron chi connectivity index (χ2n) is 10.4. The van der Waals surface area contributed by atoms with Gasteiger partial charge in [0.1, 0.15) is 5.82 Å². The van der Waals surface area contributed by atoms with Crippen LogP contribution in [0.15, 0.2) is 30.3 Å². The van der Waals surface area contributed by atoms with Crippen LogP contribution in [-0.2, 0) is 17.6 Å². The van der Waals surface area contributed by atoms with Crippen molar-refractivity contribution in [3.63, 3.8) is 0 Å². The number of benzene rings is 1. The third-order valence-electron chi connectivity index (χ3n) is 7.07. The Kier molecular flexibility index (Phi) is 7.07. The number of thiophene rings is 1. The molecule has 2 aromatic rings. The van der Waals surface area contributed by atoms with Crippen molar-refractivity contribution in [2.75, 3.05) is 13.1 Å². The summed E-state index contributed by atoms with van der Waals surface area (Å²) in [6.07, 6.45) is 4.14. The molecule has 0 spiro atoms. The number of piperidine rings is 1. The van der Waals surface area contributed by atoms with Gasteiger partial charge in [-0.3, -0.25) is 25.2 Å². The highest BCUT2D eigenvalue weighted by Crippen LogP contribution is 2.40. The quantitative estimate of drug-likeness (QED) is 0.635. The molecular formula is C26H32FN3O3S. The van der Waals surface area contributed by atoms with E-state index in [1.165, 1.54) is 46.0 Å². The molecule has 2 N–H and O–H groups in total. The zero-order valence-corrected chi connectivity index (χ0v) is 20.8. The second-order valence-corrected chi connectivity index (χ2v) is 11.5. The number of fused-ring (bicyclic) bond motifs is 1. The summed E-state index contributed by atoms with van der Waals surface area (Å²) in [5, 5.41) is 0. The van der Waals surface area contributed by atoms with E-state index in [2.05, 4.69) is 31.6 Å². The lowest BCUT2D eigenvalue weighted by Gasteiger charge is -2.33. The van der Waals surface area contributed by atoms with Gasteiger partial charge in [-0.05, 0) is 79.3 Å². The molecule has 6 nitrogen and oxygen atoms in total. The molecule has 1 atom stereocenters. The summed E-state index contributed by atoms with van der Waals surface area (Å²) >= 11 is 1.51. The van der Waals surface area contributed by atoms with Crippen LogP contribution >= 0.6 is 11.3 Å². The molecule has 1 aromatic heterocycles. The fraction of sp³-hybridized carbons (Fsp3) is 0.500. The molecule has 4 rings (SSSR count). The largest absolute Gasteiger partial charge is 0.339 e. The van der Waals surface area contributed by atoms with Crippen LogP contribution in [0.5, 0.6) is 0 Å². The van der Waals surface area contributed by atoms with E-state index in [1.54, 1.807) is 4.90 Å². The van der Waals surface area contributed by atoms with Crippen LogP contribution in [0.3, 0.4) is 0 Å². The number of hydrogen-bond donors (Lipinski definition) is 2. The third kappa shape index (κ3) is 5.49. The van der Waals surface area contributed by atoms with Crippen LogP contribution < -0.4 is 10.9 Å². The lowest BCUT2D eigenvalue weighted by Crippen LogP contribution is -2.48. The number of hydrazine groups is 1. The summed E-state index contributed by atoms with van der Waals surface area (Å²) in [6, 6.07) is 7.44. The maximum absolute atomic E-state index is 13.1. The van der Waals surface area contributed by atoms with Crippen molar-refractivity contribution in [1.82, 2.24) is 15.8 Å². The standard InChI is InChI=1S/C26H32FN3O3S/c1-26(2,3)19-6-9-21-18(14-19)15-22(34-21)24(32)29-28-23(31)16-10-12-30(13-11-16)25(33)17-4-7-20(27)8-5-17/h4-5,7-8,15-16,19H,6,9-14H2,1-3H3,(H,28,31)(H,29,32). The Morgan fingerprint density at radius 3 is 2.35 bits per heavy atom. The van der Waals surface area contributed by atoms with Gasteiger partial charge < -0.3 is 4.90 Å². The van der Waals surface area contributed by atoms with Crippen LogP contribution in [0.25, 0.3) is 0 Å². The number of likely N-dealkylation sites (tertiary alicyclic amines) is 1. The van der Waals surface area contributed by atoms with Gasteiger partial charge in [0.25, 0.3) is 11.8 Å². The van der Waals surface area contributed by atoms with Gasteiger partial charge in [0.2, 0.25) is 5.91 Å². The van der Waals surface area contributed by atoms with E-state index >= 15 is 0 Å². The number of nitrogens with zero attached hydrogens (tertiary/aromatic N) is 1. The van der Waals surface area contributed by atoms with E-state index in [1.807, 2.05) is 6.07 Å². The molecule has 8 heteroatoms. The predicted octanol–water partition coefficient (Wildman–Crippen LogP) is 4.35. The number of halogens is 1. The molecule has 3 amide bonds. The minimum absolute atomic E-state index is 0.164. The fourth-order valence-electron chi connectivity index (χ4n) is 4.78. The van der Waals surface area contributed by atoms with Crippen molar-refractivity contribution >= 4 is 29.1 Å². The van der Waals surface area contributed by atoms with E-state index < -0.39 is 0 Å². The number of carbonyl (C=O) groups excluding carboxylic acids is 3. The molecule has 0 saturated carbocycles. The molecule has 1 saturated heterocycles. The molecule has 0 radical (unpaired) electrons. The summed E-state index contributed by atoms with van der Waals surface area (Å²) in [5.74, 6) is -0.749. The summed E-state index contributed by atoms with van der Waals surface area (Å²) < 4.78 is 13.1. The first-order valence-corrected chi connectivity index (χ1v) is 12.7.